The van der Waals surface area contributed by atoms with E-state index in [4.69, 9.17) is 4.74 Å². The van der Waals surface area contributed by atoms with Gasteiger partial charge in [-0.15, -0.1) is 0 Å². The second-order valence-electron chi connectivity index (χ2n) is 7.81. The van der Waals surface area contributed by atoms with Gasteiger partial charge in [-0.1, -0.05) is 12.1 Å². The molecule has 2 aromatic carbocycles. The Hall–Kier alpha value is -2.66. The molecule has 0 atom stereocenters. The Morgan fingerprint density at radius 2 is 1.62 bits per heavy atom. The Morgan fingerprint density at radius 1 is 0.897 bits per heavy atom. The highest BCUT2D eigenvalue weighted by Crippen LogP contribution is 2.23. The number of nitrogens with one attached hydrogen (secondary N) is 1. The normalized spacial score (nSPS) is 16.2. The van der Waals surface area contributed by atoms with Crippen molar-refractivity contribution in [3.63, 3.8) is 0 Å². The van der Waals surface area contributed by atoms with Crippen molar-refractivity contribution in [1.82, 2.24) is 0 Å². The van der Waals surface area contributed by atoms with Crippen molar-refractivity contribution in [2.45, 2.75) is 38.5 Å². The number of aryl methyl sites for hydroxylation is 2. The number of fused-ring (bicyclic) bond motifs is 1. The van der Waals surface area contributed by atoms with Gasteiger partial charge in [0.2, 0.25) is 5.91 Å². The molecule has 1 heterocycles. The monoisotopic (exact) mass is 392 g/mol. The molecule has 0 unspecified atom stereocenters. The molecule has 0 radical (unpaired) electrons. The lowest BCUT2D eigenvalue weighted by Crippen LogP contribution is -2.36. The number of ether oxygens (including phenoxy) is 1. The lowest BCUT2D eigenvalue weighted by molar-refractivity contribution is -0.116. The van der Waals surface area contributed by atoms with Gasteiger partial charge in [0.05, 0.1) is 13.2 Å². The maximum absolute atomic E-state index is 12.5. The van der Waals surface area contributed by atoms with E-state index in [-0.39, 0.29) is 24.5 Å². The van der Waals surface area contributed by atoms with Crippen LogP contribution in [0.2, 0.25) is 0 Å². The zero-order valence-electron chi connectivity index (χ0n) is 16.8. The first-order valence-corrected chi connectivity index (χ1v) is 10.6. The summed E-state index contributed by atoms with van der Waals surface area (Å²) >= 11 is 0. The fourth-order valence-corrected chi connectivity index (χ4v) is 4.08. The Morgan fingerprint density at radius 3 is 2.38 bits per heavy atom. The van der Waals surface area contributed by atoms with Crippen molar-refractivity contribution in [1.29, 1.82) is 0 Å². The summed E-state index contributed by atoms with van der Waals surface area (Å²) in [6.45, 7) is 3.26. The highest BCUT2D eigenvalue weighted by atomic mass is 16.5. The number of ketones is 1. The van der Waals surface area contributed by atoms with Gasteiger partial charge in [0.1, 0.15) is 0 Å². The van der Waals surface area contributed by atoms with Crippen LogP contribution in [0.1, 0.15) is 47.2 Å². The number of morpholine rings is 1. The van der Waals surface area contributed by atoms with Gasteiger partial charge in [-0.25, -0.2) is 0 Å². The maximum Gasteiger partial charge on any atom is 0.224 e. The van der Waals surface area contributed by atoms with Crippen molar-refractivity contribution in [3.8, 4) is 0 Å². The third-order valence-corrected chi connectivity index (χ3v) is 5.78. The van der Waals surface area contributed by atoms with E-state index in [1.165, 1.54) is 24.0 Å². The van der Waals surface area contributed by atoms with Crippen molar-refractivity contribution in [3.05, 3.63) is 59.2 Å². The number of hydrogen-bond acceptors (Lipinski definition) is 4. The summed E-state index contributed by atoms with van der Waals surface area (Å²) in [6.07, 6.45) is 5.01. The smallest absolute Gasteiger partial charge is 0.224 e. The average Bonchev–Trinajstić information content (AvgIpc) is 2.78. The quantitative estimate of drug-likeness (QED) is 0.755. The predicted octanol–water partition coefficient (Wildman–Crippen LogP) is 4.00. The van der Waals surface area contributed by atoms with Gasteiger partial charge in [0.15, 0.2) is 5.78 Å². The summed E-state index contributed by atoms with van der Waals surface area (Å²) < 4.78 is 5.38. The molecule has 2 aliphatic rings. The maximum atomic E-state index is 12.5. The van der Waals surface area contributed by atoms with Gasteiger partial charge in [0, 0.05) is 42.9 Å². The van der Waals surface area contributed by atoms with Crippen LogP contribution < -0.4 is 10.2 Å². The molecule has 29 heavy (non-hydrogen) atoms. The minimum Gasteiger partial charge on any atom is -0.378 e. The Balaban J connectivity index is 1.28. The Bertz CT molecular complexity index is 870. The van der Waals surface area contributed by atoms with Crippen LogP contribution in [0, 0.1) is 0 Å². The first-order valence-electron chi connectivity index (χ1n) is 10.6. The number of rotatable bonds is 6. The molecule has 5 heteroatoms. The standard InChI is InChI=1S/C24H28N2O3/c27-23(20-6-5-18-3-1-2-4-19(18)17-20)11-12-24(28)25-21-7-9-22(10-8-21)26-13-15-29-16-14-26/h5-10,17H,1-4,11-16H2,(H,25,28). The number of hydrogen-bond donors (Lipinski definition) is 1. The molecule has 1 amide bonds. The predicted molar refractivity (Wildman–Crippen MR) is 115 cm³/mol. The molecule has 0 spiro atoms. The van der Waals surface area contributed by atoms with Crippen LogP contribution in [0.4, 0.5) is 11.4 Å². The molecule has 0 aromatic heterocycles. The molecular formula is C24H28N2O3. The van der Waals surface area contributed by atoms with E-state index in [1.54, 1.807) is 0 Å². The molecule has 2 aromatic rings. The van der Waals surface area contributed by atoms with Crippen LogP contribution in [-0.2, 0) is 22.4 Å². The first kappa shape index (κ1) is 19.6. The average molecular weight is 392 g/mol. The zero-order chi connectivity index (χ0) is 20.1. The molecule has 5 nitrogen and oxygen atoms in total. The van der Waals surface area contributed by atoms with Crippen molar-refractivity contribution < 1.29 is 14.3 Å². The summed E-state index contributed by atoms with van der Waals surface area (Å²) in [5.74, 6) is -0.0911. The van der Waals surface area contributed by atoms with Crippen LogP contribution >= 0.6 is 0 Å². The number of benzene rings is 2. The number of carbonyl (C=O) groups excluding carboxylic acids is 2. The van der Waals surface area contributed by atoms with Crippen LogP contribution in [0.15, 0.2) is 42.5 Å². The fraction of sp³-hybridized carbons (Fsp3) is 0.417. The van der Waals surface area contributed by atoms with E-state index in [1.807, 2.05) is 36.4 Å². The molecule has 0 bridgehead atoms. The van der Waals surface area contributed by atoms with E-state index >= 15 is 0 Å². The second-order valence-corrected chi connectivity index (χ2v) is 7.81. The Labute approximate surface area is 172 Å². The highest BCUT2D eigenvalue weighted by molar-refractivity contribution is 6.00. The van der Waals surface area contributed by atoms with Gasteiger partial charge in [-0.3, -0.25) is 9.59 Å². The molecule has 1 fully saturated rings. The third-order valence-electron chi connectivity index (χ3n) is 5.78. The first-order chi connectivity index (χ1) is 14.2. The van der Waals surface area contributed by atoms with E-state index in [0.717, 1.165) is 56.1 Å². The van der Waals surface area contributed by atoms with Gasteiger partial charge in [-0.2, -0.15) is 0 Å². The summed E-state index contributed by atoms with van der Waals surface area (Å²) in [5, 5.41) is 2.89. The molecular weight excluding hydrogens is 364 g/mol. The van der Waals surface area contributed by atoms with Gasteiger partial charge >= 0.3 is 0 Å². The second kappa shape index (κ2) is 9.23. The van der Waals surface area contributed by atoms with Crippen molar-refractivity contribution in [2.24, 2.45) is 0 Å². The van der Waals surface area contributed by atoms with Gasteiger partial charge in [-0.05, 0) is 67.1 Å². The van der Waals surface area contributed by atoms with E-state index < -0.39 is 0 Å². The van der Waals surface area contributed by atoms with Crippen LogP contribution in [-0.4, -0.2) is 38.0 Å². The van der Waals surface area contributed by atoms with E-state index in [2.05, 4.69) is 16.3 Å². The number of carbonyl (C=O) groups is 2. The van der Waals surface area contributed by atoms with Crippen molar-refractivity contribution >= 4 is 23.1 Å². The number of anilines is 2. The molecule has 4 rings (SSSR count). The lowest BCUT2D eigenvalue weighted by atomic mass is 9.89. The van der Waals surface area contributed by atoms with E-state index in [9.17, 15) is 9.59 Å². The summed E-state index contributed by atoms with van der Waals surface area (Å²) in [7, 11) is 0. The lowest BCUT2D eigenvalue weighted by Gasteiger charge is -2.28. The van der Waals surface area contributed by atoms with Gasteiger partial charge in [0.25, 0.3) is 0 Å². The fourth-order valence-electron chi connectivity index (χ4n) is 4.08. The molecule has 152 valence electrons. The summed E-state index contributed by atoms with van der Waals surface area (Å²) in [4.78, 5) is 27.1. The van der Waals surface area contributed by atoms with Crippen molar-refractivity contribution in [2.75, 3.05) is 36.5 Å². The van der Waals surface area contributed by atoms with Crippen LogP contribution in [0.3, 0.4) is 0 Å². The minimum atomic E-state index is -0.129. The third kappa shape index (κ3) is 5.04. The number of Topliss-reactive ketones (excluding diaryl/α,β-unsaturated/α-hetero) is 1. The SMILES string of the molecule is O=C(CCC(=O)c1ccc2c(c1)CCCC2)Nc1ccc(N2CCOCC2)cc1. The molecule has 1 saturated heterocycles. The molecule has 1 aliphatic heterocycles. The van der Waals surface area contributed by atoms with Crippen LogP contribution in [0.5, 0.6) is 0 Å². The highest BCUT2D eigenvalue weighted by Gasteiger charge is 2.15. The topological polar surface area (TPSA) is 58.6 Å². The number of amides is 1. The summed E-state index contributed by atoms with van der Waals surface area (Å²) in [6, 6.07) is 13.9. The Kier molecular flexibility index (Phi) is 6.25. The largest absolute Gasteiger partial charge is 0.378 e. The molecule has 1 aliphatic carbocycles. The van der Waals surface area contributed by atoms with E-state index in [0.29, 0.717) is 0 Å². The number of nitrogens with zero attached hydrogens (tertiary/aromatic N) is 1. The molecule has 1 N–H and O–H groups in total. The minimum absolute atomic E-state index is 0.0381. The van der Waals surface area contributed by atoms with Crippen LogP contribution in [0.25, 0.3) is 0 Å². The molecule has 0 saturated carbocycles. The summed E-state index contributed by atoms with van der Waals surface area (Å²) in [5.41, 5.74) is 5.29. The zero-order valence-corrected chi connectivity index (χ0v) is 16.8. The van der Waals surface area contributed by atoms with Gasteiger partial charge < -0.3 is 15.0 Å².